The Bertz CT molecular complexity index is 681. The van der Waals surface area contributed by atoms with E-state index in [1.165, 1.54) is 0 Å². The molecule has 1 aromatic carbocycles. The molecule has 0 aromatic heterocycles. The first-order valence-electron chi connectivity index (χ1n) is 10.8. The molecule has 0 amide bonds. The minimum absolute atomic E-state index is 0.497. The normalized spacial score (nSPS) is 20.0. The van der Waals surface area contributed by atoms with Crippen molar-refractivity contribution < 1.29 is 14.6 Å². The molecule has 29 heavy (non-hydrogen) atoms. The summed E-state index contributed by atoms with van der Waals surface area (Å²) in [6.07, 6.45) is 3.95. The van der Waals surface area contributed by atoms with Crippen molar-refractivity contribution in [3.8, 4) is 11.5 Å². The number of rotatable bonds is 7. The zero-order valence-electron chi connectivity index (χ0n) is 18.1. The number of piperazine rings is 1. The Hall–Kier alpha value is -1.99. The van der Waals surface area contributed by atoms with Gasteiger partial charge < -0.3 is 24.8 Å². The van der Waals surface area contributed by atoms with E-state index < -0.39 is 5.60 Å². The van der Waals surface area contributed by atoms with Crippen molar-refractivity contribution in [3.05, 3.63) is 23.8 Å². The van der Waals surface area contributed by atoms with Gasteiger partial charge in [0.2, 0.25) is 0 Å². The van der Waals surface area contributed by atoms with E-state index in [4.69, 9.17) is 14.5 Å². The molecule has 1 aromatic rings. The van der Waals surface area contributed by atoms with Crippen molar-refractivity contribution in [1.29, 1.82) is 0 Å². The minimum atomic E-state index is -0.606. The zero-order chi connectivity index (χ0) is 20.7. The van der Waals surface area contributed by atoms with Gasteiger partial charge in [0.25, 0.3) is 0 Å². The lowest BCUT2D eigenvalue weighted by Crippen LogP contribution is -2.52. The van der Waals surface area contributed by atoms with Gasteiger partial charge >= 0.3 is 0 Å². The van der Waals surface area contributed by atoms with E-state index in [1.54, 1.807) is 14.2 Å². The molecule has 0 atom stereocenters. The van der Waals surface area contributed by atoms with Crippen LogP contribution in [0.1, 0.15) is 38.2 Å². The van der Waals surface area contributed by atoms with Crippen molar-refractivity contribution in [3.63, 3.8) is 0 Å². The monoisotopic (exact) mass is 404 g/mol. The highest BCUT2D eigenvalue weighted by atomic mass is 16.5. The summed E-state index contributed by atoms with van der Waals surface area (Å²) in [5, 5.41) is 14.0. The van der Waals surface area contributed by atoms with Gasteiger partial charge in [-0.15, -0.1) is 0 Å². The molecule has 2 fully saturated rings. The van der Waals surface area contributed by atoms with Crippen molar-refractivity contribution >= 4 is 5.96 Å². The van der Waals surface area contributed by atoms with Crippen LogP contribution >= 0.6 is 0 Å². The van der Waals surface area contributed by atoms with Crippen LogP contribution in [0.4, 0.5) is 0 Å². The molecule has 7 heteroatoms. The van der Waals surface area contributed by atoms with Crippen molar-refractivity contribution in [2.75, 3.05) is 53.5 Å². The molecule has 1 saturated heterocycles. The number of nitrogens with one attached hydrogen (secondary N) is 1. The van der Waals surface area contributed by atoms with Crippen LogP contribution in [-0.2, 0) is 6.54 Å². The third kappa shape index (κ3) is 5.76. The first-order chi connectivity index (χ1) is 14.1. The van der Waals surface area contributed by atoms with Gasteiger partial charge in [-0.25, -0.2) is 0 Å². The van der Waals surface area contributed by atoms with Crippen molar-refractivity contribution in [1.82, 2.24) is 15.1 Å². The number of hydrogen-bond donors (Lipinski definition) is 2. The summed E-state index contributed by atoms with van der Waals surface area (Å²) in [6.45, 7) is 7.99. The number of aliphatic imine (C=N–C) groups is 1. The molecule has 2 aliphatic rings. The highest BCUT2D eigenvalue weighted by Crippen LogP contribution is 2.29. The lowest BCUT2D eigenvalue weighted by Gasteiger charge is -2.37. The summed E-state index contributed by atoms with van der Waals surface area (Å²) in [5.41, 5.74) is 0.537. The van der Waals surface area contributed by atoms with Crippen LogP contribution in [0.3, 0.4) is 0 Å². The highest BCUT2D eigenvalue weighted by Gasteiger charge is 2.31. The molecule has 1 aliphatic heterocycles. The smallest absolute Gasteiger partial charge is 0.194 e. The Labute approximate surface area is 174 Å². The van der Waals surface area contributed by atoms with E-state index >= 15 is 0 Å². The molecule has 7 nitrogen and oxygen atoms in total. The van der Waals surface area contributed by atoms with Crippen LogP contribution in [0.25, 0.3) is 0 Å². The summed E-state index contributed by atoms with van der Waals surface area (Å²) >= 11 is 0. The van der Waals surface area contributed by atoms with E-state index in [-0.39, 0.29) is 0 Å². The van der Waals surface area contributed by atoms with Gasteiger partial charge in [0.05, 0.1) is 26.4 Å². The van der Waals surface area contributed by atoms with Crippen LogP contribution in [-0.4, -0.2) is 80.0 Å². The SMILES string of the molecule is CCNC(=NCC1(O)CCCC1)N1CCN(Cc2cc(OC)ccc2OC)CC1. The van der Waals surface area contributed by atoms with E-state index in [2.05, 4.69) is 28.1 Å². The predicted octanol–water partition coefficient (Wildman–Crippen LogP) is 2.09. The molecule has 0 unspecified atom stereocenters. The maximum atomic E-state index is 10.6. The maximum Gasteiger partial charge on any atom is 0.194 e. The van der Waals surface area contributed by atoms with Crippen molar-refractivity contribution in [2.24, 2.45) is 4.99 Å². The molecule has 3 rings (SSSR count). The fourth-order valence-corrected chi connectivity index (χ4v) is 4.20. The predicted molar refractivity (Wildman–Crippen MR) is 116 cm³/mol. The number of ether oxygens (including phenoxy) is 2. The molecule has 1 saturated carbocycles. The quantitative estimate of drug-likeness (QED) is 0.536. The summed E-state index contributed by atoms with van der Waals surface area (Å²) in [6, 6.07) is 5.95. The maximum absolute atomic E-state index is 10.6. The molecule has 162 valence electrons. The molecule has 2 N–H and O–H groups in total. The summed E-state index contributed by atoms with van der Waals surface area (Å²) in [7, 11) is 3.40. The summed E-state index contributed by atoms with van der Waals surface area (Å²) in [5.74, 6) is 2.67. The van der Waals surface area contributed by atoms with E-state index in [0.717, 1.165) is 88.0 Å². The molecule has 0 bridgehead atoms. The zero-order valence-corrected chi connectivity index (χ0v) is 18.1. The fraction of sp³-hybridized carbons (Fsp3) is 0.682. The van der Waals surface area contributed by atoms with Crippen LogP contribution in [0.5, 0.6) is 11.5 Å². The number of methoxy groups -OCH3 is 2. The van der Waals surface area contributed by atoms with Crippen LogP contribution < -0.4 is 14.8 Å². The Morgan fingerprint density at radius 3 is 2.48 bits per heavy atom. The lowest BCUT2D eigenvalue weighted by molar-refractivity contribution is 0.0569. The molecule has 0 spiro atoms. The standard InChI is InChI=1S/C22H36N4O3/c1-4-23-21(24-17-22(27)9-5-6-10-22)26-13-11-25(12-14-26)16-18-15-19(28-2)7-8-20(18)29-3/h7-8,15,27H,4-6,9-14,16-17H2,1-3H3,(H,23,24). The van der Waals surface area contributed by atoms with E-state index in [9.17, 15) is 5.11 Å². The van der Waals surface area contributed by atoms with Gasteiger partial charge in [-0.3, -0.25) is 9.89 Å². The minimum Gasteiger partial charge on any atom is -0.497 e. The number of aliphatic hydroxyl groups is 1. The van der Waals surface area contributed by atoms with Crippen LogP contribution in [0.2, 0.25) is 0 Å². The second-order valence-corrected chi connectivity index (χ2v) is 8.04. The van der Waals surface area contributed by atoms with Gasteiger partial charge in [-0.05, 0) is 38.0 Å². The Balaban J connectivity index is 1.58. The lowest BCUT2D eigenvalue weighted by atomic mass is 10.0. The first-order valence-corrected chi connectivity index (χ1v) is 10.8. The molecule has 1 heterocycles. The number of benzene rings is 1. The molecule has 0 radical (unpaired) electrons. The fourth-order valence-electron chi connectivity index (χ4n) is 4.20. The number of hydrogen-bond acceptors (Lipinski definition) is 5. The van der Waals surface area contributed by atoms with Crippen LogP contribution in [0, 0.1) is 0 Å². The highest BCUT2D eigenvalue weighted by molar-refractivity contribution is 5.80. The van der Waals surface area contributed by atoms with E-state index in [0.29, 0.717) is 6.54 Å². The van der Waals surface area contributed by atoms with Crippen molar-refractivity contribution in [2.45, 2.75) is 44.8 Å². The third-order valence-electron chi connectivity index (χ3n) is 5.95. The average Bonchev–Trinajstić information content (AvgIpc) is 3.18. The molecular formula is C22H36N4O3. The van der Waals surface area contributed by atoms with E-state index in [1.807, 2.05) is 12.1 Å². The largest absolute Gasteiger partial charge is 0.497 e. The van der Waals surface area contributed by atoms with Gasteiger partial charge in [0, 0.05) is 44.8 Å². The van der Waals surface area contributed by atoms with Gasteiger partial charge in [0.1, 0.15) is 11.5 Å². The molecule has 1 aliphatic carbocycles. The summed E-state index contributed by atoms with van der Waals surface area (Å²) in [4.78, 5) is 9.52. The number of guanidine groups is 1. The Kier molecular flexibility index (Phi) is 7.61. The average molecular weight is 405 g/mol. The topological polar surface area (TPSA) is 69.6 Å². The summed E-state index contributed by atoms with van der Waals surface area (Å²) < 4.78 is 10.9. The molecular weight excluding hydrogens is 368 g/mol. The third-order valence-corrected chi connectivity index (χ3v) is 5.95. The van der Waals surface area contributed by atoms with Gasteiger partial charge in [0.15, 0.2) is 5.96 Å². The number of nitrogens with zero attached hydrogens (tertiary/aromatic N) is 3. The Morgan fingerprint density at radius 1 is 1.14 bits per heavy atom. The van der Waals surface area contributed by atoms with Gasteiger partial charge in [-0.2, -0.15) is 0 Å². The first kappa shape index (κ1) is 21.7. The Morgan fingerprint density at radius 2 is 1.86 bits per heavy atom. The van der Waals surface area contributed by atoms with Gasteiger partial charge in [-0.1, -0.05) is 12.8 Å². The van der Waals surface area contributed by atoms with Crippen LogP contribution in [0.15, 0.2) is 23.2 Å². The second kappa shape index (κ2) is 10.2. The second-order valence-electron chi connectivity index (χ2n) is 8.04.